The number of aryl methyl sites for hydroxylation is 3. The molecule has 0 saturated carbocycles. The number of fused-ring (bicyclic) bond motifs is 2. The number of hydrogen-bond donors (Lipinski definition) is 1. The molecule has 0 spiro atoms. The second kappa shape index (κ2) is 8.13. The summed E-state index contributed by atoms with van der Waals surface area (Å²) in [5, 5.41) is -0.00198. The van der Waals surface area contributed by atoms with Gasteiger partial charge in [0, 0.05) is 18.9 Å². The minimum Gasteiger partial charge on any atom is -0.339 e. The van der Waals surface area contributed by atoms with Crippen molar-refractivity contribution < 1.29 is 8.42 Å². The molecule has 1 aromatic heterocycles. The van der Waals surface area contributed by atoms with Crippen LogP contribution in [0.4, 0.5) is 5.69 Å². The lowest BCUT2D eigenvalue weighted by atomic mass is 9.92. The van der Waals surface area contributed by atoms with Crippen LogP contribution in [0.3, 0.4) is 0 Å². The van der Waals surface area contributed by atoms with Gasteiger partial charge in [-0.2, -0.15) is 8.42 Å². The highest BCUT2D eigenvalue weighted by Crippen LogP contribution is 2.35. The molecule has 3 aromatic carbocycles. The van der Waals surface area contributed by atoms with Crippen LogP contribution in [0.15, 0.2) is 90.3 Å². The first kappa shape index (κ1) is 20.3. The van der Waals surface area contributed by atoms with E-state index >= 15 is 0 Å². The number of benzene rings is 3. The van der Waals surface area contributed by atoms with E-state index in [2.05, 4.69) is 64.3 Å². The molecule has 0 aliphatic heterocycles. The molecule has 0 atom stereocenters. The summed E-state index contributed by atoms with van der Waals surface area (Å²) in [6.07, 6.45) is 7.14. The molecule has 1 heterocycles. The molecule has 0 unspecified atom stereocenters. The maximum Gasteiger partial charge on any atom is 0.280 e. The molecular formula is C26H23N3O2S. The Morgan fingerprint density at radius 3 is 2.03 bits per heavy atom. The minimum absolute atomic E-state index is 0.00198. The summed E-state index contributed by atoms with van der Waals surface area (Å²) in [6.45, 7) is 0. The molecule has 4 aromatic rings. The highest BCUT2D eigenvalue weighted by atomic mass is 32.2. The molecule has 0 amide bonds. The average Bonchev–Trinajstić information content (AvgIpc) is 3.18. The van der Waals surface area contributed by atoms with E-state index in [9.17, 15) is 8.42 Å². The summed E-state index contributed by atoms with van der Waals surface area (Å²) in [7, 11) is -1.98. The molecule has 0 bridgehead atoms. The van der Waals surface area contributed by atoms with Gasteiger partial charge in [-0.05, 0) is 64.4 Å². The van der Waals surface area contributed by atoms with Crippen LogP contribution in [-0.2, 0) is 29.9 Å². The van der Waals surface area contributed by atoms with Gasteiger partial charge in [0.1, 0.15) is 0 Å². The molecule has 1 aliphatic carbocycles. The fourth-order valence-electron chi connectivity index (χ4n) is 4.12. The molecule has 5 rings (SSSR count). The van der Waals surface area contributed by atoms with E-state index in [4.69, 9.17) is 0 Å². The monoisotopic (exact) mass is 441 g/mol. The van der Waals surface area contributed by atoms with E-state index in [0.29, 0.717) is 5.69 Å². The smallest absolute Gasteiger partial charge is 0.280 e. The summed E-state index contributed by atoms with van der Waals surface area (Å²) < 4.78 is 29.3. The van der Waals surface area contributed by atoms with Gasteiger partial charge in [-0.3, -0.25) is 4.72 Å². The van der Waals surface area contributed by atoms with Gasteiger partial charge in [-0.1, -0.05) is 60.7 Å². The fourth-order valence-corrected chi connectivity index (χ4v) is 5.16. The van der Waals surface area contributed by atoms with Crippen molar-refractivity contribution in [2.24, 2.45) is 7.05 Å². The van der Waals surface area contributed by atoms with Crippen LogP contribution in [0.5, 0.6) is 0 Å². The predicted octanol–water partition coefficient (Wildman–Crippen LogP) is 4.91. The van der Waals surface area contributed by atoms with Crippen molar-refractivity contribution in [2.45, 2.75) is 17.9 Å². The number of nitrogens with zero attached hydrogens (tertiary/aromatic N) is 2. The average molecular weight is 442 g/mol. The summed E-state index contributed by atoms with van der Waals surface area (Å²) in [5.41, 5.74) is 7.88. The third-order valence-corrected chi connectivity index (χ3v) is 6.98. The molecule has 32 heavy (non-hydrogen) atoms. The standard InChI is InChI=1S/C26H23N3O2S/c1-29-17-26(27-18-29)32(30,31)28-22-14-10-19(11-15-22)16-25-23-8-4-2-6-20(23)12-13-21-7-3-5-9-24(21)25/h2-11,14-18,28H,12-13H2,1H3. The second-order valence-electron chi connectivity index (χ2n) is 7.98. The van der Waals surface area contributed by atoms with Crippen LogP contribution in [0.2, 0.25) is 0 Å². The van der Waals surface area contributed by atoms with Crippen LogP contribution in [0.25, 0.3) is 11.6 Å². The van der Waals surface area contributed by atoms with Crippen LogP contribution in [0.1, 0.15) is 27.8 Å². The third-order valence-electron chi connectivity index (χ3n) is 5.71. The lowest BCUT2D eigenvalue weighted by Crippen LogP contribution is -2.13. The van der Waals surface area contributed by atoms with Gasteiger partial charge in [-0.25, -0.2) is 4.98 Å². The largest absolute Gasteiger partial charge is 0.339 e. The van der Waals surface area contributed by atoms with Crippen LogP contribution >= 0.6 is 0 Å². The Labute approximate surface area is 188 Å². The summed E-state index contributed by atoms with van der Waals surface area (Å²) >= 11 is 0. The first-order valence-electron chi connectivity index (χ1n) is 10.5. The Balaban J connectivity index is 1.49. The molecule has 0 saturated heterocycles. The lowest BCUT2D eigenvalue weighted by molar-refractivity contribution is 0.598. The highest BCUT2D eigenvalue weighted by molar-refractivity contribution is 7.92. The quantitative estimate of drug-likeness (QED) is 0.490. The van der Waals surface area contributed by atoms with E-state index in [0.717, 1.165) is 18.4 Å². The van der Waals surface area contributed by atoms with E-state index in [1.807, 2.05) is 12.1 Å². The first-order chi connectivity index (χ1) is 15.5. The number of nitrogens with one attached hydrogen (secondary N) is 1. The van der Waals surface area contributed by atoms with E-state index in [1.165, 1.54) is 40.4 Å². The maximum absolute atomic E-state index is 12.5. The fraction of sp³-hybridized carbons (Fsp3) is 0.115. The third kappa shape index (κ3) is 3.97. The Morgan fingerprint density at radius 2 is 1.47 bits per heavy atom. The molecule has 0 fully saturated rings. The van der Waals surface area contributed by atoms with Gasteiger partial charge in [0.2, 0.25) is 0 Å². The first-order valence-corrected chi connectivity index (χ1v) is 12.0. The van der Waals surface area contributed by atoms with Crippen molar-refractivity contribution >= 4 is 27.4 Å². The Morgan fingerprint density at radius 1 is 0.875 bits per heavy atom. The molecule has 6 heteroatoms. The van der Waals surface area contributed by atoms with E-state index < -0.39 is 10.0 Å². The molecule has 5 nitrogen and oxygen atoms in total. The SMILES string of the molecule is Cn1cnc(S(=O)(=O)Nc2ccc(C=C3c4ccccc4CCc4ccccc43)cc2)c1. The summed E-state index contributed by atoms with van der Waals surface area (Å²) in [4.78, 5) is 3.93. The Bertz CT molecular complexity index is 1370. The van der Waals surface area contributed by atoms with Gasteiger partial charge in [0.25, 0.3) is 10.0 Å². The topological polar surface area (TPSA) is 64.0 Å². The molecule has 0 radical (unpaired) electrons. The van der Waals surface area contributed by atoms with Gasteiger partial charge in [-0.15, -0.1) is 0 Å². The van der Waals surface area contributed by atoms with Crippen molar-refractivity contribution in [1.82, 2.24) is 9.55 Å². The molecular weight excluding hydrogens is 418 g/mol. The van der Waals surface area contributed by atoms with E-state index in [-0.39, 0.29) is 5.03 Å². The number of anilines is 1. The number of imidazole rings is 1. The number of aromatic nitrogens is 2. The molecule has 160 valence electrons. The number of hydrogen-bond acceptors (Lipinski definition) is 3. The normalized spacial score (nSPS) is 13.1. The van der Waals surface area contributed by atoms with Crippen molar-refractivity contribution in [1.29, 1.82) is 0 Å². The maximum atomic E-state index is 12.5. The number of sulfonamides is 1. The highest BCUT2D eigenvalue weighted by Gasteiger charge is 2.18. The number of rotatable bonds is 4. The zero-order chi connectivity index (χ0) is 22.1. The van der Waals surface area contributed by atoms with E-state index in [1.54, 1.807) is 23.7 Å². The van der Waals surface area contributed by atoms with Gasteiger partial charge >= 0.3 is 0 Å². The zero-order valence-electron chi connectivity index (χ0n) is 17.7. The van der Waals surface area contributed by atoms with Gasteiger partial charge in [0.15, 0.2) is 5.03 Å². The Hall–Kier alpha value is -3.64. The van der Waals surface area contributed by atoms with Gasteiger partial charge in [0.05, 0.1) is 6.33 Å². The van der Waals surface area contributed by atoms with Crippen molar-refractivity contribution in [3.05, 3.63) is 113 Å². The van der Waals surface area contributed by atoms with Gasteiger partial charge < -0.3 is 4.57 Å². The second-order valence-corrected chi connectivity index (χ2v) is 9.61. The molecule has 1 N–H and O–H groups in total. The molecule has 1 aliphatic rings. The van der Waals surface area contributed by atoms with Crippen molar-refractivity contribution in [3.8, 4) is 0 Å². The van der Waals surface area contributed by atoms with Crippen LogP contribution in [-0.4, -0.2) is 18.0 Å². The summed E-state index contributed by atoms with van der Waals surface area (Å²) in [5.74, 6) is 0. The minimum atomic E-state index is -3.71. The van der Waals surface area contributed by atoms with Crippen molar-refractivity contribution in [3.63, 3.8) is 0 Å². The van der Waals surface area contributed by atoms with Crippen LogP contribution < -0.4 is 4.72 Å². The predicted molar refractivity (Wildman–Crippen MR) is 128 cm³/mol. The zero-order valence-corrected chi connectivity index (χ0v) is 18.5. The summed E-state index contributed by atoms with van der Waals surface area (Å²) in [6, 6.07) is 24.5. The Kier molecular flexibility index (Phi) is 5.15. The van der Waals surface area contributed by atoms with Crippen molar-refractivity contribution in [2.75, 3.05) is 4.72 Å². The van der Waals surface area contributed by atoms with Crippen LogP contribution in [0, 0.1) is 0 Å². The lowest BCUT2D eigenvalue weighted by Gasteiger charge is -2.12.